The predicted molar refractivity (Wildman–Crippen MR) is 94.1 cm³/mol. The normalized spacial score (nSPS) is 10.0. The second kappa shape index (κ2) is 9.32. The number of nitrogens with one attached hydrogen (secondary N) is 1. The summed E-state index contributed by atoms with van der Waals surface area (Å²) in [6.45, 7) is 4.39. The zero-order valence-electron chi connectivity index (χ0n) is 14.3. The van der Waals surface area contributed by atoms with Gasteiger partial charge in [-0.2, -0.15) is 0 Å². The van der Waals surface area contributed by atoms with Gasteiger partial charge in [-0.15, -0.1) is 0 Å². The average Bonchev–Trinajstić information content (AvgIpc) is 2.61. The average molecular weight is 343 g/mol. The Kier molecular flexibility index (Phi) is 6.83. The molecular weight excluding hydrogens is 322 g/mol. The van der Waals surface area contributed by atoms with E-state index in [0.29, 0.717) is 36.0 Å². The molecule has 2 rings (SSSR count). The lowest BCUT2D eigenvalue weighted by molar-refractivity contribution is -0.118. The van der Waals surface area contributed by atoms with E-state index in [-0.39, 0.29) is 12.5 Å². The van der Waals surface area contributed by atoms with Crippen LogP contribution in [0.2, 0.25) is 0 Å². The third-order valence-electron chi connectivity index (χ3n) is 3.17. The van der Waals surface area contributed by atoms with E-state index in [4.69, 9.17) is 14.2 Å². The van der Waals surface area contributed by atoms with Crippen molar-refractivity contribution in [1.82, 2.24) is 0 Å². The van der Waals surface area contributed by atoms with Crippen molar-refractivity contribution in [3.8, 4) is 11.5 Å². The minimum absolute atomic E-state index is 0.130. The van der Waals surface area contributed by atoms with Gasteiger partial charge in [-0.25, -0.2) is 4.79 Å². The van der Waals surface area contributed by atoms with Crippen LogP contribution < -0.4 is 14.8 Å². The standard InChI is InChI=1S/C19H21NO5/c1-3-23-16-6-5-7-17(12-16)25-13-18(21)20-15-10-8-14(9-11-15)19(22)24-4-2/h5-12H,3-4,13H2,1-2H3,(H,20,21). The molecule has 1 amide bonds. The highest BCUT2D eigenvalue weighted by atomic mass is 16.5. The fraction of sp³-hybridized carbons (Fsp3) is 0.263. The number of esters is 1. The summed E-state index contributed by atoms with van der Waals surface area (Å²) in [5.41, 5.74) is 1.01. The van der Waals surface area contributed by atoms with Gasteiger partial charge in [-0.05, 0) is 50.2 Å². The zero-order valence-corrected chi connectivity index (χ0v) is 14.3. The maximum absolute atomic E-state index is 12.0. The molecule has 132 valence electrons. The first-order valence-electron chi connectivity index (χ1n) is 8.05. The van der Waals surface area contributed by atoms with Crippen LogP contribution in [0.25, 0.3) is 0 Å². The molecule has 6 nitrogen and oxygen atoms in total. The van der Waals surface area contributed by atoms with Crippen LogP contribution in [0.3, 0.4) is 0 Å². The fourth-order valence-electron chi connectivity index (χ4n) is 2.07. The Labute approximate surface area is 146 Å². The SMILES string of the molecule is CCOC(=O)c1ccc(NC(=O)COc2cccc(OCC)c2)cc1. The van der Waals surface area contributed by atoms with Crippen LogP contribution in [0.1, 0.15) is 24.2 Å². The van der Waals surface area contributed by atoms with Crippen molar-refractivity contribution in [2.75, 3.05) is 25.1 Å². The Morgan fingerprint density at radius 1 is 0.920 bits per heavy atom. The fourth-order valence-corrected chi connectivity index (χ4v) is 2.07. The van der Waals surface area contributed by atoms with Crippen LogP contribution in [-0.4, -0.2) is 31.7 Å². The maximum atomic E-state index is 12.0. The number of benzene rings is 2. The Morgan fingerprint density at radius 3 is 2.24 bits per heavy atom. The molecule has 2 aromatic carbocycles. The lowest BCUT2D eigenvalue weighted by Gasteiger charge is -2.09. The maximum Gasteiger partial charge on any atom is 0.338 e. The Bertz CT molecular complexity index is 712. The van der Waals surface area contributed by atoms with Crippen LogP contribution in [-0.2, 0) is 9.53 Å². The predicted octanol–water partition coefficient (Wildman–Crippen LogP) is 3.28. The van der Waals surface area contributed by atoms with Crippen molar-refractivity contribution in [3.05, 3.63) is 54.1 Å². The Balaban J connectivity index is 1.85. The first kappa shape index (κ1) is 18.3. The first-order valence-corrected chi connectivity index (χ1v) is 8.05. The van der Waals surface area contributed by atoms with E-state index in [1.165, 1.54) is 0 Å². The highest BCUT2D eigenvalue weighted by Gasteiger charge is 2.08. The number of carbonyl (C=O) groups excluding carboxylic acids is 2. The van der Waals surface area contributed by atoms with Gasteiger partial charge in [-0.3, -0.25) is 4.79 Å². The lowest BCUT2D eigenvalue weighted by atomic mass is 10.2. The summed E-state index contributed by atoms with van der Waals surface area (Å²) in [4.78, 5) is 23.5. The third-order valence-corrected chi connectivity index (χ3v) is 3.17. The molecule has 2 aromatic rings. The molecule has 1 N–H and O–H groups in total. The van der Waals surface area contributed by atoms with E-state index in [2.05, 4.69) is 5.32 Å². The molecule has 0 aliphatic carbocycles. The number of hydrogen-bond donors (Lipinski definition) is 1. The van der Waals surface area contributed by atoms with E-state index in [1.54, 1.807) is 49.4 Å². The summed E-state index contributed by atoms with van der Waals surface area (Å²) in [5, 5.41) is 2.70. The van der Waals surface area contributed by atoms with E-state index in [1.807, 2.05) is 13.0 Å². The highest BCUT2D eigenvalue weighted by molar-refractivity contribution is 5.93. The van der Waals surface area contributed by atoms with E-state index < -0.39 is 5.97 Å². The van der Waals surface area contributed by atoms with Gasteiger partial charge in [0.1, 0.15) is 11.5 Å². The van der Waals surface area contributed by atoms with Gasteiger partial charge >= 0.3 is 5.97 Å². The molecule has 0 radical (unpaired) electrons. The third kappa shape index (κ3) is 5.84. The van der Waals surface area contributed by atoms with Crippen LogP contribution in [0.15, 0.2) is 48.5 Å². The molecule has 0 bridgehead atoms. The molecule has 0 atom stereocenters. The molecule has 25 heavy (non-hydrogen) atoms. The van der Waals surface area contributed by atoms with Crippen LogP contribution in [0.5, 0.6) is 11.5 Å². The van der Waals surface area contributed by atoms with Crippen molar-refractivity contribution < 1.29 is 23.8 Å². The second-order valence-corrected chi connectivity index (χ2v) is 5.04. The van der Waals surface area contributed by atoms with Gasteiger partial charge < -0.3 is 19.5 Å². The van der Waals surface area contributed by atoms with Gasteiger partial charge in [-0.1, -0.05) is 6.07 Å². The summed E-state index contributed by atoms with van der Waals surface area (Å²) in [7, 11) is 0. The van der Waals surface area contributed by atoms with Crippen LogP contribution in [0.4, 0.5) is 5.69 Å². The van der Waals surface area contributed by atoms with Gasteiger partial charge in [0.15, 0.2) is 6.61 Å². The van der Waals surface area contributed by atoms with E-state index >= 15 is 0 Å². The number of anilines is 1. The molecule has 0 fully saturated rings. The smallest absolute Gasteiger partial charge is 0.338 e. The highest BCUT2D eigenvalue weighted by Crippen LogP contribution is 2.19. The largest absolute Gasteiger partial charge is 0.494 e. The van der Waals surface area contributed by atoms with Crippen molar-refractivity contribution in [1.29, 1.82) is 0 Å². The molecule has 0 aliphatic rings. The minimum atomic E-state index is -0.391. The number of hydrogen-bond acceptors (Lipinski definition) is 5. The number of rotatable bonds is 8. The number of ether oxygens (including phenoxy) is 3. The molecule has 0 aromatic heterocycles. The topological polar surface area (TPSA) is 73.9 Å². The van der Waals surface area contributed by atoms with Gasteiger partial charge in [0.05, 0.1) is 18.8 Å². The van der Waals surface area contributed by atoms with Gasteiger partial charge in [0.25, 0.3) is 5.91 Å². The molecule has 0 saturated carbocycles. The molecule has 0 unspecified atom stereocenters. The quantitative estimate of drug-likeness (QED) is 0.745. The summed E-state index contributed by atoms with van der Waals surface area (Å²) >= 11 is 0. The molecule has 0 saturated heterocycles. The van der Waals surface area contributed by atoms with Crippen molar-refractivity contribution in [2.24, 2.45) is 0 Å². The zero-order chi connectivity index (χ0) is 18.1. The van der Waals surface area contributed by atoms with Gasteiger partial charge in [0.2, 0.25) is 0 Å². The van der Waals surface area contributed by atoms with Crippen LogP contribution >= 0.6 is 0 Å². The van der Waals surface area contributed by atoms with Crippen molar-refractivity contribution in [2.45, 2.75) is 13.8 Å². The summed E-state index contributed by atoms with van der Waals surface area (Å²) in [6.07, 6.45) is 0. The number of amides is 1. The van der Waals surface area contributed by atoms with E-state index in [0.717, 1.165) is 0 Å². The Hall–Kier alpha value is -3.02. The Morgan fingerprint density at radius 2 is 1.60 bits per heavy atom. The van der Waals surface area contributed by atoms with Crippen molar-refractivity contribution in [3.63, 3.8) is 0 Å². The molecule has 0 spiro atoms. The lowest BCUT2D eigenvalue weighted by Crippen LogP contribution is -2.20. The second-order valence-electron chi connectivity index (χ2n) is 5.04. The van der Waals surface area contributed by atoms with Crippen molar-refractivity contribution >= 4 is 17.6 Å². The van der Waals surface area contributed by atoms with E-state index in [9.17, 15) is 9.59 Å². The molecule has 0 aliphatic heterocycles. The molecular formula is C19H21NO5. The minimum Gasteiger partial charge on any atom is -0.494 e. The summed E-state index contributed by atoms with van der Waals surface area (Å²) in [5.74, 6) is 0.553. The monoisotopic (exact) mass is 343 g/mol. The summed E-state index contributed by atoms with van der Waals surface area (Å²) in [6, 6.07) is 13.6. The van der Waals surface area contributed by atoms with Gasteiger partial charge in [0, 0.05) is 11.8 Å². The summed E-state index contributed by atoms with van der Waals surface area (Å²) < 4.78 is 15.7. The van der Waals surface area contributed by atoms with Crippen LogP contribution in [0, 0.1) is 0 Å². The molecule has 0 heterocycles. The molecule has 6 heteroatoms. The number of carbonyl (C=O) groups is 2. The first-order chi connectivity index (χ1) is 12.1.